The average Bonchev–Trinajstić information content (AvgIpc) is 3.35. The van der Waals surface area contributed by atoms with Gasteiger partial charge in [-0.15, -0.1) is 0 Å². The first kappa shape index (κ1) is 19.9. The van der Waals surface area contributed by atoms with Gasteiger partial charge < -0.3 is 9.64 Å². The number of aryl methyl sites for hydroxylation is 1. The third-order valence-corrected chi connectivity index (χ3v) is 5.91. The zero-order chi connectivity index (χ0) is 20.2. The number of benzene rings is 1. The van der Waals surface area contributed by atoms with Crippen LogP contribution in [0.2, 0.25) is 0 Å². The average molecular weight is 395 g/mol. The number of para-hydroxylation sites is 1. The van der Waals surface area contributed by atoms with Gasteiger partial charge >= 0.3 is 0 Å². The van der Waals surface area contributed by atoms with Gasteiger partial charge in [-0.2, -0.15) is 5.10 Å². The van der Waals surface area contributed by atoms with Crippen LogP contribution in [0.25, 0.3) is 11.8 Å². The number of ether oxygens (including phenoxy) is 1. The van der Waals surface area contributed by atoms with Crippen molar-refractivity contribution < 1.29 is 9.53 Å². The van der Waals surface area contributed by atoms with E-state index in [1.54, 1.807) is 6.08 Å². The van der Waals surface area contributed by atoms with Crippen molar-refractivity contribution in [2.45, 2.75) is 32.8 Å². The van der Waals surface area contributed by atoms with Crippen molar-refractivity contribution in [1.82, 2.24) is 19.6 Å². The zero-order valence-corrected chi connectivity index (χ0v) is 17.4. The first-order chi connectivity index (χ1) is 14.1. The Morgan fingerprint density at radius 3 is 2.62 bits per heavy atom. The van der Waals surface area contributed by atoms with Gasteiger partial charge in [-0.05, 0) is 44.9 Å². The van der Waals surface area contributed by atoms with E-state index in [0.29, 0.717) is 6.10 Å². The molecular formula is C23H30N4O2. The van der Waals surface area contributed by atoms with Crippen LogP contribution in [0.15, 0.2) is 36.4 Å². The number of amides is 1. The molecule has 0 spiro atoms. The Labute approximate surface area is 172 Å². The van der Waals surface area contributed by atoms with Crippen molar-refractivity contribution >= 4 is 12.0 Å². The molecular weight excluding hydrogens is 364 g/mol. The zero-order valence-electron chi connectivity index (χ0n) is 17.4. The molecule has 6 heteroatoms. The molecule has 154 valence electrons. The molecule has 0 radical (unpaired) electrons. The molecule has 0 N–H and O–H groups in total. The third kappa shape index (κ3) is 4.60. The maximum absolute atomic E-state index is 12.7. The number of hydrogen-bond acceptors (Lipinski definition) is 4. The Morgan fingerprint density at radius 1 is 1.17 bits per heavy atom. The van der Waals surface area contributed by atoms with Crippen molar-refractivity contribution in [1.29, 1.82) is 0 Å². The van der Waals surface area contributed by atoms with Gasteiger partial charge in [-0.1, -0.05) is 18.2 Å². The van der Waals surface area contributed by atoms with E-state index in [9.17, 15) is 4.79 Å². The van der Waals surface area contributed by atoms with Gasteiger partial charge in [-0.3, -0.25) is 9.69 Å². The molecule has 0 saturated carbocycles. The Morgan fingerprint density at radius 2 is 1.93 bits per heavy atom. The molecule has 2 saturated heterocycles. The molecule has 2 fully saturated rings. The van der Waals surface area contributed by atoms with Gasteiger partial charge in [0.25, 0.3) is 0 Å². The van der Waals surface area contributed by atoms with Gasteiger partial charge in [-0.25, -0.2) is 4.68 Å². The summed E-state index contributed by atoms with van der Waals surface area (Å²) in [7, 11) is 0. The van der Waals surface area contributed by atoms with Crippen LogP contribution in [-0.2, 0) is 9.53 Å². The van der Waals surface area contributed by atoms with Gasteiger partial charge in [0.15, 0.2) is 0 Å². The van der Waals surface area contributed by atoms with Crippen LogP contribution in [0.3, 0.4) is 0 Å². The second-order valence-corrected chi connectivity index (χ2v) is 7.93. The molecule has 6 nitrogen and oxygen atoms in total. The molecule has 29 heavy (non-hydrogen) atoms. The first-order valence-electron chi connectivity index (χ1n) is 10.5. The van der Waals surface area contributed by atoms with Crippen molar-refractivity contribution in [2.24, 2.45) is 0 Å². The van der Waals surface area contributed by atoms with Crippen LogP contribution in [0.4, 0.5) is 0 Å². The predicted octanol–water partition coefficient (Wildman–Crippen LogP) is 2.83. The summed E-state index contributed by atoms with van der Waals surface area (Å²) in [6.45, 7) is 9.31. The van der Waals surface area contributed by atoms with Crippen LogP contribution in [-0.4, -0.2) is 70.9 Å². The molecule has 4 rings (SSSR count). The van der Waals surface area contributed by atoms with Crippen LogP contribution in [0, 0.1) is 13.8 Å². The number of piperazine rings is 1. The molecule has 3 heterocycles. The van der Waals surface area contributed by atoms with Crippen LogP contribution < -0.4 is 0 Å². The highest BCUT2D eigenvalue weighted by atomic mass is 16.5. The molecule has 2 aliphatic rings. The summed E-state index contributed by atoms with van der Waals surface area (Å²) in [6.07, 6.45) is 6.33. The highest BCUT2D eigenvalue weighted by molar-refractivity contribution is 5.92. The minimum atomic E-state index is 0.0769. The molecule has 1 aromatic carbocycles. The molecule has 0 aliphatic carbocycles. The van der Waals surface area contributed by atoms with E-state index in [2.05, 4.69) is 10.00 Å². The van der Waals surface area contributed by atoms with E-state index in [4.69, 9.17) is 4.74 Å². The monoisotopic (exact) mass is 394 g/mol. The Bertz CT molecular complexity index is 861. The number of hydrogen-bond donors (Lipinski definition) is 0. The van der Waals surface area contributed by atoms with Crippen LogP contribution in [0.5, 0.6) is 0 Å². The smallest absolute Gasteiger partial charge is 0.246 e. The highest BCUT2D eigenvalue weighted by Gasteiger charge is 2.24. The topological polar surface area (TPSA) is 50.6 Å². The van der Waals surface area contributed by atoms with Crippen molar-refractivity contribution in [3.63, 3.8) is 0 Å². The maximum Gasteiger partial charge on any atom is 0.246 e. The number of aromatic nitrogens is 2. The van der Waals surface area contributed by atoms with Crippen molar-refractivity contribution in [3.05, 3.63) is 53.4 Å². The quantitative estimate of drug-likeness (QED) is 0.732. The second-order valence-electron chi connectivity index (χ2n) is 7.93. The summed E-state index contributed by atoms with van der Waals surface area (Å²) in [5.74, 6) is 0.0769. The SMILES string of the molecule is Cc1nn(-c2ccccc2)c(C)c1/C=C/C(=O)N1CCN(CC2CCCO2)CC1. The van der Waals surface area contributed by atoms with Crippen molar-refractivity contribution in [3.8, 4) is 5.69 Å². The fourth-order valence-electron chi connectivity index (χ4n) is 4.20. The lowest BCUT2D eigenvalue weighted by molar-refractivity contribution is -0.127. The lowest BCUT2D eigenvalue weighted by Crippen LogP contribution is -2.50. The van der Waals surface area contributed by atoms with Gasteiger partial charge in [0.2, 0.25) is 5.91 Å². The molecule has 1 atom stereocenters. The number of rotatable bonds is 5. The van der Waals surface area contributed by atoms with Gasteiger partial charge in [0, 0.05) is 56.7 Å². The number of nitrogens with zero attached hydrogens (tertiary/aromatic N) is 4. The molecule has 0 bridgehead atoms. The van der Waals surface area contributed by atoms with E-state index in [1.165, 1.54) is 6.42 Å². The number of carbonyl (C=O) groups is 1. The summed E-state index contributed by atoms with van der Waals surface area (Å²) >= 11 is 0. The van der Waals surface area contributed by atoms with E-state index in [0.717, 1.165) is 68.4 Å². The maximum atomic E-state index is 12.7. The van der Waals surface area contributed by atoms with Crippen LogP contribution >= 0.6 is 0 Å². The predicted molar refractivity (Wildman–Crippen MR) is 114 cm³/mol. The Kier molecular flexibility index (Phi) is 6.11. The van der Waals surface area contributed by atoms with Gasteiger partial charge in [0.1, 0.15) is 0 Å². The summed E-state index contributed by atoms with van der Waals surface area (Å²) in [5, 5.41) is 4.65. The third-order valence-electron chi connectivity index (χ3n) is 5.91. The first-order valence-corrected chi connectivity index (χ1v) is 10.5. The molecule has 1 amide bonds. The molecule has 2 aliphatic heterocycles. The Hall–Kier alpha value is -2.44. The highest BCUT2D eigenvalue weighted by Crippen LogP contribution is 2.19. The second kappa shape index (κ2) is 8.93. The standard InChI is InChI=1S/C23H30N4O2/c1-18-22(19(2)27(24-18)20-7-4-3-5-8-20)10-11-23(28)26-14-12-25(13-15-26)17-21-9-6-16-29-21/h3-5,7-8,10-11,21H,6,9,12-17H2,1-2H3/b11-10+. The lowest BCUT2D eigenvalue weighted by atomic mass is 10.1. The number of carbonyl (C=O) groups excluding carboxylic acids is 1. The largest absolute Gasteiger partial charge is 0.377 e. The summed E-state index contributed by atoms with van der Waals surface area (Å²) in [4.78, 5) is 17.0. The lowest BCUT2D eigenvalue weighted by Gasteiger charge is -2.35. The molecule has 1 aromatic heterocycles. The van der Waals surface area contributed by atoms with Gasteiger partial charge in [0.05, 0.1) is 17.5 Å². The normalized spacial score (nSPS) is 20.6. The minimum absolute atomic E-state index is 0.0769. The van der Waals surface area contributed by atoms with Crippen molar-refractivity contribution in [2.75, 3.05) is 39.3 Å². The summed E-state index contributed by atoms with van der Waals surface area (Å²) in [6, 6.07) is 10.1. The van der Waals surface area contributed by atoms with E-state index >= 15 is 0 Å². The summed E-state index contributed by atoms with van der Waals surface area (Å²) in [5.41, 5.74) is 4.01. The summed E-state index contributed by atoms with van der Waals surface area (Å²) < 4.78 is 7.67. The van der Waals surface area contributed by atoms with E-state index in [1.807, 2.05) is 59.8 Å². The minimum Gasteiger partial charge on any atom is -0.377 e. The fourth-order valence-corrected chi connectivity index (χ4v) is 4.20. The van der Waals surface area contributed by atoms with Crippen LogP contribution in [0.1, 0.15) is 29.8 Å². The fraction of sp³-hybridized carbons (Fsp3) is 0.478. The van der Waals surface area contributed by atoms with E-state index in [-0.39, 0.29) is 5.91 Å². The Balaban J connectivity index is 1.36. The molecule has 1 unspecified atom stereocenters. The molecule has 2 aromatic rings. The van der Waals surface area contributed by atoms with E-state index < -0.39 is 0 Å².